The summed E-state index contributed by atoms with van der Waals surface area (Å²) < 4.78 is 0. The molecule has 0 radical (unpaired) electrons. The molecule has 0 aliphatic heterocycles. The molecule has 2 aromatic heterocycles. The van der Waals surface area contributed by atoms with Crippen LogP contribution in [0.4, 0.5) is 5.82 Å². The van der Waals surface area contributed by atoms with Crippen LogP contribution in [0.3, 0.4) is 0 Å². The summed E-state index contributed by atoms with van der Waals surface area (Å²) in [7, 11) is 0. The van der Waals surface area contributed by atoms with Gasteiger partial charge in [0.05, 0.1) is 5.52 Å². The van der Waals surface area contributed by atoms with Gasteiger partial charge in [-0.1, -0.05) is 24.3 Å². The first-order valence-corrected chi connectivity index (χ1v) is 6.28. The number of hydrogen-bond donors (Lipinski definition) is 1. The molecule has 2 heterocycles. The van der Waals surface area contributed by atoms with Crippen LogP contribution in [0.1, 0.15) is 19.4 Å². The van der Waals surface area contributed by atoms with E-state index in [4.69, 9.17) is 5.73 Å². The zero-order valence-corrected chi connectivity index (χ0v) is 11.0. The second-order valence-corrected chi connectivity index (χ2v) is 4.61. The Labute approximate surface area is 111 Å². The molecule has 0 amide bonds. The van der Waals surface area contributed by atoms with E-state index in [0.29, 0.717) is 5.82 Å². The van der Waals surface area contributed by atoms with Crippen molar-refractivity contribution in [2.45, 2.75) is 13.8 Å². The number of rotatable bonds is 1. The van der Waals surface area contributed by atoms with Crippen molar-refractivity contribution in [3.05, 3.63) is 48.2 Å². The van der Waals surface area contributed by atoms with Crippen LogP contribution in [0.5, 0.6) is 0 Å². The van der Waals surface area contributed by atoms with Crippen LogP contribution in [0.2, 0.25) is 0 Å². The molecule has 0 bridgehead atoms. The van der Waals surface area contributed by atoms with Crippen LogP contribution >= 0.6 is 0 Å². The molecule has 1 aromatic carbocycles. The first kappa shape index (κ1) is 11.7. The van der Waals surface area contributed by atoms with Gasteiger partial charge >= 0.3 is 0 Å². The summed E-state index contributed by atoms with van der Waals surface area (Å²) in [4.78, 5) is 8.87. The lowest BCUT2D eigenvalue weighted by atomic mass is 10.0. The molecule has 0 spiro atoms. The minimum Gasteiger partial charge on any atom is -0.382 e. The number of benzene rings is 1. The first-order valence-electron chi connectivity index (χ1n) is 6.28. The quantitative estimate of drug-likeness (QED) is 0.667. The molecule has 0 unspecified atom stereocenters. The van der Waals surface area contributed by atoms with Gasteiger partial charge in [0, 0.05) is 17.0 Å². The highest BCUT2D eigenvalue weighted by atomic mass is 14.9. The van der Waals surface area contributed by atoms with E-state index in [-0.39, 0.29) is 0 Å². The summed E-state index contributed by atoms with van der Waals surface area (Å²) in [6.07, 6.45) is 3.93. The average Bonchev–Trinajstić information content (AvgIpc) is 2.46. The van der Waals surface area contributed by atoms with Gasteiger partial charge in [-0.2, -0.15) is 0 Å². The van der Waals surface area contributed by atoms with Crippen molar-refractivity contribution in [3.63, 3.8) is 0 Å². The lowest BCUT2D eigenvalue weighted by Crippen LogP contribution is -1.96. The maximum atomic E-state index is 5.99. The zero-order chi connectivity index (χ0) is 13.4. The summed E-state index contributed by atoms with van der Waals surface area (Å²) in [6.45, 7) is 4.11. The van der Waals surface area contributed by atoms with E-state index in [1.165, 1.54) is 5.57 Å². The van der Waals surface area contributed by atoms with Gasteiger partial charge in [-0.25, -0.2) is 4.98 Å². The third kappa shape index (κ3) is 1.83. The lowest BCUT2D eigenvalue weighted by Gasteiger charge is -2.08. The zero-order valence-electron chi connectivity index (χ0n) is 11.0. The van der Waals surface area contributed by atoms with E-state index in [1.54, 1.807) is 0 Å². The number of nitrogens with zero attached hydrogens (tertiary/aromatic N) is 2. The summed E-state index contributed by atoms with van der Waals surface area (Å²) in [5.41, 5.74) is 9.99. The molecule has 19 heavy (non-hydrogen) atoms. The predicted molar refractivity (Wildman–Crippen MR) is 80.8 cm³/mol. The van der Waals surface area contributed by atoms with Gasteiger partial charge in [-0.3, -0.25) is 4.98 Å². The molecule has 0 aliphatic carbocycles. The fraction of sp³-hybridized carbons (Fsp3) is 0.125. The van der Waals surface area contributed by atoms with Crippen molar-refractivity contribution >= 4 is 33.2 Å². The Balaban J connectivity index is 2.45. The van der Waals surface area contributed by atoms with Crippen LogP contribution < -0.4 is 5.73 Å². The number of fused-ring (bicyclic) bond motifs is 3. The third-order valence-electron chi connectivity index (χ3n) is 3.45. The summed E-state index contributed by atoms with van der Waals surface area (Å²) in [5.74, 6) is 0.485. The summed E-state index contributed by atoms with van der Waals surface area (Å²) in [5, 5.41) is 2.15. The van der Waals surface area contributed by atoms with Crippen molar-refractivity contribution in [3.8, 4) is 0 Å². The Bertz CT molecular complexity index is 804. The number of para-hydroxylation sites is 1. The molecule has 3 rings (SSSR count). The minimum absolute atomic E-state index is 0.485. The van der Waals surface area contributed by atoms with E-state index in [1.807, 2.05) is 31.3 Å². The Hall–Kier alpha value is -2.42. The number of aromatic nitrogens is 2. The van der Waals surface area contributed by atoms with Crippen LogP contribution in [0.25, 0.3) is 27.4 Å². The maximum Gasteiger partial charge on any atom is 0.150 e. The standard InChI is InChI=1S/C16H15N3/c1-3-10(2)11-8-13-12-6-4-5-7-14(12)19-16(17)15(13)18-9-11/h3-9H,1-2H3,(H2,17,19). The van der Waals surface area contributed by atoms with E-state index in [9.17, 15) is 0 Å². The molecule has 0 atom stereocenters. The predicted octanol–water partition coefficient (Wildman–Crippen LogP) is 3.79. The van der Waals surface area contributed by atoms with Gasteiger partial charge in [0.15, 0.2) is 5.82 Å². The van der Waals surface area contributed by atoms with Crippen LogP contribution in [0.15, 0.2) is 42.6 Å². The second kappa shape index (κ2) is 4.35. The van der Waals surface area contributed by atoms with Gasteiger partial charge in [-0.05, 0) is 37.1 Å². The highest BCUT2D eigenvalue weighted by Crippen LogP contribution is 2.28. The Kier molecular flexibility index (Phi) is 2.67. The highest BCUT2D eigenvalue weighted by molar-refractivity contribution is 6.08. The van der Waals surface area contributed by atoms with Crippen LogP contribution in [-0.4, -0.2) is 9.97 Å². The van der Waals surface area contributed by atoms with Gasteiger partial charge in [0.1, 0.15) is 5.52 Å². The third-order valence-corrected chi connectivity index (χ3v) is 3.45. The Morgan fingerprint density at radius 2 is 2.00 bits per heavy atom. The average molecular weight is 249 g/mol. The van der Waals surface area contributed by atoms with Crippen molar-refractivity contribution in [2.75, 3.05) is 5.73 Å². The lowest BCUT2D eigenvalue weighted by molar-refractivity contribution is 1.34. The second-order valence-electron chi connectivity index (χ2n) is 4.61. The topological polar surface area (TPSA) is 51.8 Å². The largest absolute Gasteiger partial charge is 0.382 e. The molecule has 3 nitrogen and oxygen atoms in total. The molecule has 3 heteroatoms. The van der Waals surface area contributed by atoms with Crippen molar-refractivity contribution in [2.24, 2.45) is 0 Å². The summed E-state index contributed by atoms with van der Waals surface area (Å²) in [6, 6.07) is 10.1. The number of nitrogens with two attached hydrogens (primary N) is 1. The monoisotopic (exact) mass is 249 g/mol. The molecular weight excluding hydrogens is 234 g/mol. The van der Waals surface area contributed by atoms with Gasteiger partial charge < -0.3 is 5.73 Å². The molecule has 2 N–H and O–H groups in total. The van der Waals surface area contributed by atoms with E-state index in [2.05, 4.69) is 35.1 Å². The molecule has 94 valence electrons. The molecule has 3 aromatic rings. The SMILES string of the molecule is CC=C(C)c1cnc2c(N)nc3ccccc3c2c1. The maximum absolute atomic E-state index is 5.99. The number of anilines is 1. The van der Waals surface area contributed by atoms with E-state index in [0.717, 1.165) is 27.4 Å². The van der Waals surface area contributed by atoms with Gasteiger partial charge in [-0.15, -0.1) is 0 Å². The van der Waals surface area contributed by atoms with Crippen molar-refractivity contribution in [1.82, 2.24) is 9.97 Å². The first-order chi connectivity index (χ1) is 9.20. The molecule has 0 aliphatic rings. The Morgan fingerprint density at radius 3 is 2.79 bits per heavy atom. The normalized spacial score (nSPS) is 12.2. The van der Waals surface area contributed by atoms with Crippen molar-refractivity contribution in [1.29, 1.82) is 0 Å². The smallest absolute Gasteiger partial charge is 0.150 e. The number of pyridine rings is 2. The number of nitrogen functional groups attached to an aromatic ring is 1. The fourth-order valence-corrected chi connectivity index (χ4v) is 2.24. The number of hydrogen-bond acceptors (Lipinski definition) is 3. The van der Waals surface area contributed by atoms with E-state index < -0.39 is 0 Å². The van der Waals surface area contributed by atoms with Crippen LogP contribution in [-0.2, 0) is 0 Å². The van der Waals surface area contributed by atoms with Crippen molar-refractivity contribution < 1.29 is 0 Å². The number of allylic oxidation sites excluding steroid dienone is 2. The van der Waals surface area contributed by atoms with Gasteiger partial charge in [0.25, 0.3) is 0 Å². The summed E-state index contributed by atoms with van der Waals surface area (Å²) >= 11 is 0. The molecule has 0 saturated carbocycles. The Morgan fingerprint density at radius 1 is 1.21 bits per heavy atom. The fourth-order valence-electron chi connectivity index (χ4n) is 2.24. The van der Waals surface area contributed by atoms with E-state index >= 15 is 0 Å². The van der Waals surface area contributed by atoms with Gasteiger partial charge in [0.2, 0.25) is 0 Å². The molecule has 0 fully saturated rings. The molecular formula is C16H15N3. The van der Waals surface area contributed by atoms with Crippen LogP contribution in [0, 0.1) is 0 Å². The highest BCUT2D eigenvalue weighted by Gasteiger charge is 2.08. The minimum atomic E-state index is 0.485. The molecule has 0 saturated heterocycles.